The van der Waals surface area contributed by atoms with E-state index in [1.54, 1.807) is 12.1 Å². The molecule has 2 aromatic carbocycles. The van der Waals surface area contributed by atoms with Crippen molar-refractivity contribution in [2.24, 2.45) is 5.92 Å². The number of para-hydroxylation sites is 1. The number of anilines is 2. The fourth-order valence-electron chi connectivity index (χ4n) is 3.42. The van der Waals surface area contributed by atoms with Crippen LogP contribution < -0.4 is 10.2 Å². The SMILES string of the molecule is CC(CC(=O)Nc1ccccc1)CC(=O)N1CCN(c2ccc(F)cc2)CC1. The predicted molar refractivity (Wildman–Crippen MR) is 109 cm³/mol. The number of carbonyl (C=O) groups excluding carboxylic acids is 2. The second-order valence-corrected chi connectivity index (χ2v) is 7.27. The van der Waals surface area contributed by atoms with Crippen LogP contribution in [0, 0.1) is 11.7 Å². The lowest BCUT2D eigenvalue weighted by Gasteiger charge is -2.36. The molecule has 1 unspecified atom stereocenters. The van der Waals surface area contributed by atoms with E-state index >= 15 is 0 Å². The number of nitrogens with one attached hydrogen (secondary N) is 1. The van der Waals surface area contributed by atoms with E-state index in [4.69, 9.17) is 0 Å². The summed E-state index contributed by atoms with van der Waals surface area (Å²) in [6.07, 6.45) is 0.676. The molecule has 2 aromatic rings. The predicted octanol–water partition coefficient (Wildman–Crippen LogP) is 3.53. The van der Waals surface area contributed by atoms with Gasteiger partial charge >= 0.3 is 0 Å². The minimum Gasteiger partial charge on any atom is -0.368 e. The summed E-state index contributed by atoms with van der Waals surface area (Å²) in [5.74, 6) is -0.263. The molecule has 5 nitrogen and oxygen atoms in total. The number of piperazine rings is 1. The van der Waals surface area contributed by atoms with E-state index in [0.29, 0.717) is 25.9 Å². The molecule has 28 heavy (non-hydrogen) atoms. The van der Waals surface area contributed by atoms with Crippen LogP contribution in [0.3, 0.4) is 0 Å². The van der Waals surface area contributed by atoms with Gasteiger partial charge in [-0.1, -0.05) is 25.1 Å². The zero-order valence-corrected chi connectivity index (χ0v) is 16.1. The van der Waals surface area contributed by atoms with Crippen molar-refractivity contribution in [2.45, 2.75) is 19.8 Å². The average molecular weight is 383 g/mol. The Bertz CT molecular complexity index is 787. The molecule has 0 radical (unpaired) electrons. The summed E-state index contributed by atoms with van der Waals surface area (Å²) in [5, 5.41) is 2.86. The maximum atomic E-state index is 13.1. The highest BCUT2D eigenvalue weighted by atomic mass is 19.1. The molecule has 0 aromatic heterocycles. The van der Waals surface area contributed by atoms with Crippen LogP contribution in [0.4, 0.5) is 15.8 Å². The average Bonchev–Trinajstić information content (AvgIpc) is 2.69. The van der Waals surface area contributed by atoms with Gasteiger partial charge in [-0.05, 0) is 42.3 Å². The number of rotatable bonds is 6. The van der Waals surface area contributed by atoms with Crippen molar-refractivity contribution in [3.8, 4) is 0 Å². The van der Waals surface area contributed by atoms with Crippen molar-refractivity contribution < 1.29 is 14.0 Å². The number of hydrogen-bond donors (Lipinski definition) is 1. The van der Waals surface area contributed by atoms with Crippen molar-refractivity contribution >= 4 is 23.2 Å². The topological polar surface area (TPSA) is 52.7 Å². The molecule has 148 valence electrons. The van der Waals surface area contributed by atoms with E-state index in [0.717, 1.165) is 24.5 Å². The van der Waals surface area contributed by atoms with Crippen LogP contribution in [0.25, 0.3) is 0 Å². The van der Waals surface area contributed by atoms with Crippen molar-refractivity contribution in [1.82, 2.24) is 4.90 Å². The Kier molecular flexibility index (Phi) is 6.63. The number of amides is 2. The Balaban J connectivity index is 1.42. The van der Waals surface area contributed by atoms with Gasteiger partial charge in [-0.2, -0.15) is 0 Å². The van der Waals surface area contributed by atoms with E-state index in [9.17, 15) is 14.0 Å². The lowest BCUT2D eigenvalue weighted by Crippen LogP contribution is -2.49. The maximum absolute atomic E-state index is 13.1. The van der Waals surface area contributed by atoms with Gasteiger partial charge in [0.15, 0.2) is 0 Å². The number of carbonyl (C=O) groups is 2. The summed E-state index contributed by atoms with van der Waals surface area (Å²) < 4.78 is 13.1. The molecule has 0 aliphatic carbocycles. The Hall–Kier alpha value is -2.89. The van der Waals surface area contributed by atoms with Gasteiger partial charge in [0, 0.05) is 50.4 Å². The second kappa shape index (κ2) is 9.35. The lowest BCUT2D eigenvalue weighted by atomic mass is 10.0. The molecule has 1 heterocycles. The number of hydrogen-bond acceptors (Lipinski definition) is 3. The molecule has 0 saturated carbocycles. The minimum atomic E-state index is -0.247. The fraction of sp³-hybridized carbons (Fsp3) is 0.364. The summed E-state index contributed by atoms with van der Waals surface area (Å²) in [4.78, 5) is 28.7. The Labute approximate surface area is 165 Å². The Morgan fingerprint density at radius 2 is 1.61 bits per heavy atom. The van der Waals surface area contributed by atoms with Gasteiger partial charge in [0.1, 0.15) is 5.82 Å². The van der Waals surface area contributed by atoms with Crippen LogP contribution in [0.5, 0.6) is 0 Å². The molecule has 6 heteroatoms. The van der Waals surface area contributed by atoms with Gasteiger partial charge in [-0.25, -0.2) is 4.39 Å². The van der Waals surface area contributed by atoms with Crippen LogP contribution in [0.2, 0.25) is 0 Å². The first-order chi connectivity index (χ1) is 13.5. The molecule has 2 amide bonds. The van der Waals surface area contributed by atoms with Crippen molar-refractivity contribution in [2.75, 3.05) is 36.4 Å². The highest BCUT2D eigenvalue weighted by molar-refractivity contribution is 5.91. The quantitative estimate of drug-likeness (QED) is 0.830. The molecule has 0 spiro atoms. The molecular formula is C22H26FN3O2. The molecular weight excluding hydrogens is 357 g/mol. The van der Waals surface area contributed by atoms with Gasteiger partial charge in [0.2, 0.25) is 11.8 Å². The van der Waals surface area contributed by atoms with Crippen LogP contribution in [-0.2, 0) is 9.59 Å². The number of halogens is 1. The monoisotopic (exact) mass is 383 g/mol. The van der Waals surface area contributed by atoms with E-state index in [-0.39, 0.29) is 23.5 Å². The van der Waals surface area contributed by atoms with Gasteiger partial charge in [-0.3, -0.25) is 9.59 Å². The number of nitrogens with zero attached hydrogens (tertiary/aromatic N) is 2. The first-order valence-corrected chi connectivity index (χ1v) is 9.64. The fourth-order valence-corrected chi connectivity index (χ4v) is 3.42. The third-order valence-corrected chi connectivity index (χ3v) is 4.94. The van der Waals surface area contributed by atoms with E-state index in [1.165, 1.54) is 12.1 Å². The number of benzene rings is 2. The molecule has 1 atom stereocenters. The molecule has 0 bridgehead atoms. The van der Waals surface area contributed by atoms with Crippen LogP contribution >= 0.6 is 0 Å². The van der Waals surface area contributed by atoms with Gasteiger partial charge < -0.3 is 15.1 Å². The molecule has 1 aliphatic heterocycles. The summed E-state index contributed by atoms with van der Waals surface area (Å²) in [6.45, 7) is 4.65. The summed E-state index contributed by atoms with van der Waals surface area (Å²) in [7, 11) is 0. The minimum absolute atomic E-state index is 0.0219. The third-order valence-electron chi connectivity index (χ3n) is 4.94. The van der Waals surface area contributed by atoms with Crippen LogP contribution in [0.15, 0.2) is 54.6 Å². The van der Waals surface area contributed by atoms with Crippen LogP contribution in [-0.4, -0.2) is 42.9 Å². The van der Waals surface area contributed by atoms with Crippen molar-refractivity contribution in [1.29, 1.82) is 0 Å². The largest absolute Gasteiger partial charge is 0.368 e. The summed E-state index contributed by atoms with van der Waals surface area (Å²) in [5.41, 5.74) is 1.74. The highest BCUT2D eigenvalue weighted by Crippen LogP contribution is 2.18. The van der Waals surface area contributed by atoms with Gasteiger partial charge in [-0.15, -0.1) is 0 Å². The zero-order chi connectivity index (χ0) is 19.9. The maximum Gasteiger partial charge on any atom is 0.224 e. The summed E-state index contributed by atoms with van der Waals surface area (Å²) in [6, 6.07) is 15.8. The second-order valence-electron chi connectivity index (χ2n) is 7.27. The standard InChI is InChI=1S/C22H26FN3O2/c1-17(15-21(27)24-19-5-3-2-4-6-19)16-22(28)26-13-11-25(12-14-26)20-9-7-18(23)8-10-20/h2-10,17H,11-16H2,1H3,(H,24,27). The summed E-state index contributed by atoms with van der Waals surface area (Å²) >= 11 is 0. The Morgan fingerprint density at radius 3 is 2.25 bits per heavy atom. The van der Waals surface area contributed by atoms with E-state index in [2.05, 4.69) is 10.2 Å². The molecule has 1 fully saturated rings. The lowest BCUT2D eigenvalue weighted by molar-refractivity contribution is -0.132. The molecule has 3 rings (SSSR count). The Morgan fingerprint density at radius 1 is 0.964 bits per heavy atom. The molecule has 1 saturated heterocycles. The van der Waals surface area contributed by atoms with E-state index < -0.39 is 0 Å². The van der Waals surface area contributed by atoms with Gasteiger partial charge in [0.05, 0.1) is 0 Å². The molecule has 1 N–H and O–H groups in total. The third kappa shape index (κ3) is 5.55. The molecule has 1 aliphatic rings. The zero-order valence-electron chi connectivity index (χ0n) is 16.1. The smallest absolute Gasteiger partial charge is 0.224 e. The van der Waals surface area contributed by atoms with E-state index in [1.807, 2.05) is 42.2 Å². The van der Waals surface area contributed by atoms with Crippen LogP contribution in [0.1, 0.15) is 19.8 Å². The van der Waals surface area contributed by atoms with Crippen molar-refractivity contribution in [3.63, 3.8) is 0 Å². The first kappa shape index (κ1) is 19.9. The first-order valence-electron chi connectivity index (χ1n) is 9.64. The highest BCUT2D eigenvalue weighted by Gasteiger charge is 2.23. The van der Waals surface area contributed by atoms with Crippen molar-refractivity contribution in [3.05, 3.63) is 60.4 Å². The van der Waals surface area contributed by atoms with Gasteiger partial charge in [0.25, 0.3) is 0 Å². The normalized spacial score (nSPS) is 15.2.